The van der Waals surface area contributed by atoms with Gasteiger partial charge in [-0.15, -0.1) is 0 Å². The zero-order chi connectivity index (χ0) is 24.0. The van der Waals surface area contributed by atoms with Gasteiger partial charge in [0.1, 0.15) is 0 Å². The maximum absolute atomic E-state index is 13.4. The molecule has 1 N–H and O–H groups in total. The van der Waals surface area contributed by atoms with Crippen LogP contribution in [0.2, 0.25) is 5.02 Å². The monoisotopic (exact) mass is 491 g/mol. The van der Waals surface area contributed by atoms with Crippen molar-refractivity contribution < 1.29 is 13.2 Å². The molecule has 180 valence electrons. The quantitative estimate of drug-likeness (QED) is 0.567. The number of piperidine rings is 1. The normalized spacial score (nSPS) is 14.8. The lowest BCUT2D eigenvalue weighted by molar-refractivity contribution is -0.121. The van der Waals surface area contributed by atoms with Gasteiger partial charge in [-0.25, -0.2) is 8.42 Å². The summed E-state index contributed by atoms with van der Waals surface area (Å²) < 4.78 is 28.1. The number of anilines is 1. The number of nitrogens with one attached hydrogen (secondary N) is 1. The van der Waals surface area contributed by atoms with E-state index in [0.717, 1.165) is 25.2 Å². The number of para-hydroxylation sites is 1. The minimum atomic E-state index is -3.78. The predicted octanol–water partition coefficient (Wildman–Crippen LogP) is 4.32. The molecule has 0 aromatic heterocycles. The van der Waals surface area contributed by atoms with Crippen molar-refractivity contribution in [2.24, 2.45) is 0 Å². The number of sulfonamides is 1. The molecule has 33 heavy (non-hydrogen) atoms. The molecule has 2 aromatic carbocycles. The van der Waals surface area contributed by atoms with Gasteiger partial charge in [0.25, 0.3) is 10.0 Å². The fraction of sp³-hybridized carbons (Fsp3) is 0.480. The van der Waals surface area contributed by atoms with E-state index in [1.807, 2.05) is 18.2 Å². The summed E-state index contributed by atoms with van der Waals surface area (Å²) in [6, 6.07) is 10.6. The molecular weight excluding hydrogens is 458 g/mol. The SMILES string of the molecule is Cc1cc(S(=O)(=O)N(C)c2ccccc2CCC(=O)NCCN2CCCCC2)c(C)cc1Cl. The number of carbonyl (C=O) groups is 1. The lowest BCUT2D eigenvalue weighted by Gasteiger charge is -2.26. The number of hydrogen-bond donors (Lipinski definition) is 1. The molecule has 1 aliphatic heterocycles. The first-order valence-electron chi connectivity index (χ1n) is 11.5. The number of likely N-dealkylation sites (tertiary alicyclic amines) is 1. The lowest BCUT2D eigenvalue weighted by atomic mass is 10.1. The number of benzene rings is 2. The van der Waals surface area contributed by atoms with Crippen molar-refractivity contribution >= 4 is 33.2 Å². The maximum Gasteiger partial charge on any atom is 0.264 e. The molecule has 1 fully saturated rings. The Morgan fingerprint density at radius 2 is 1.79 bits per heavy atom. The van der Waals surface area contributed by atoms with Crippen LogP contribution in [0.1, 0.15) is 42.4 Å². The average Bonchev–Trinajstić information content (AvgIpc) is 2.80. The summed E-state index contributed by atoms with van der Waals surface area (Å²) in [7, 11) is -2.23. The summed E-state index contributed by atoms with van der Waals surface area (Å²) >= 11 is 6.16. The van der Waals surface area contributed by atoms with Crippen LogP contribution in [0.25, 0.3) is 0 Å². The molecule has 0 saturated carbocycles. The number of aryl methyl sites for hydroxylation is 3. The second kappa shape index (κ2) is 11.4. The smallest absolute Gasteiger partial charge is 0.264 e. The molecule has 1 heterocycles. The molecule has 0 aliphatic carbocycles. The highest BCUT2D eigenvalue weighted by atomic mass is 35.5. The predicted molar refractivity (Wildman–Crippen MR) is 135 cm³/mol. The van der Waals surface area contributed by atoms with Crippen molar-refractivity contribution in [2.45, 2.75) is 50.8 Å². The molecule has 0 unspecified atom stereocenters. The molecule has 0 atom stereocenters. The van der Waals surface area contributed by atoms with Gasteiger partial charge in [-0.2, -0.15) is 0 Å². The van der Waals surface area contributed by atoms with E-state index in [1.165, 1.54) is 23.6 Å². The standard InChI is InChI=1S/C25H34ClN3O3S/c1-19-18-24(20(2)17-22(19)26)33(31,32)28(3)23-10-6-5-9-21(23)11-12-25(30)27-13-16-29-14-7-4-8-15-29/h5-6,9-10,17-18H,4,7-8,11-16H2,1-3H3,(H,27,30). The highest BCUT2D eigenvalue weighted by Crippen LogP contribution is 2.30. The van der Waals surface area contributed by atoms with Crippen molar-refractivity contribution in [2.75, 3.05) is 37.5 Å². The molecule has 1 saturated heterocycles. The van der Waals surface area contributed by atoms with E-state index in [2.05, 4.69) is 10.2 Å². The van der Waals surface area contributed by atoms with Crippen molar-refractivity contribution in [1.29, 1.82) is 0 Å². The number of rotatable bonds is 9. The summed E-state index contributed by atoms with van der Waals surface area (Å²) in [4.78, 5) is 15.0. The molecule has 2 aromatic rings. The van der Waals surface area contributed by atoms with Crippen molar-refractivity contribution in [3.8, 4) is 0 Å². The Morgan fingerprint density at radius 1 is 1.09 bits per heavy atom. The minimum absolute atomic E-state index is 0.0171. The highest BCUT2D eigenvalue weighted by molar-refractivity contribution is 7.92. The van der Waals surface area contributed by atoms with Gasteiger partial charge in [-0.1, -0.05) is 36.2 Å². The maximum atomic E-state index is 13.4. The van der Waals surface area contributed by atoms with Crippen LogP contribution >= 0.6 is 11.6 Å². The van der Waals surface area contributed by atoms with Crippen LogP contribution in [-0.4, -0.2) is 52.5 Å². The Morgan fingerprint density at radius 3 is 2.52 bits per heavy atom. The number of halogens is 1. The van der Waals surface area contributed by atoms with Crippen LogP contribution in [0.4, 0.5) is 5.69 Å². The topological polar surface area (TPSA) is 69.7 Å². The van der Waals surface area contributed by atoms with Crippen LogP contribution in [0.5, 0.6) is 0 Å². The largest absolute Gasteiger partial charge is 0.355 e. The van der Waals surface area contributed by atoms with Gasteiger partial charge in [0, 0.05) is 31.6 Å². The molecule has 8 heteroatoms. The first-order valence-corrected chi connectivity index (χ1v) is 13.3. The lowest BCUT2D eigenvalue weighted by Crippen LogP contribution is -2.37. The molecular formula is C25H34ClN3O3S. The van der Waals surface area contributed by atoms with Crippen molar-refractivity contribution in [3.05, 3.63) is 58.1 Å². The zero-order valence-electron chi connectivity index (χ0n) is 19.7. The van der Waals surface area contributed by atoms with E-state index in [9.17, 15) is 13.2 Å². The van der Waals surface area contributed by atoms with Crippen LogP contribution < -0.4 is 9.62 Å². The van der Waals surface area contributed by atoms with Crippen LogP contribution in [0.3, 0.4) is 0 Å². The van der Waals surface area contributed by atoms with E-state index in [-0.39, 0.29) is 10.8 Å². The van der Waals surface area contributed by atoms with Gasteiger partial charge in [0.2, 0.25) is 5.91 Å². The van der Waals surface area contributed by atoms with Gasteiger partial charge >= 0.3 is 0 Å². The molecule has 0 spiro atoms. The first kappa shape index (κ1) is 25.5. The number of hydrogen-bond acceptors (Lipinski definition) is 4. The molecule has 6 nitrogen and oxygen atoms in total. The van der Waals surface area contributed by atoms with E-state index < -0.39 is 10.0 Å². The third kappa shape index (κ3) is 6.49. The minimum Gasteiger partial charge on any atom is -0.355 e. The fourth-order valence-corrected chi connectivity index (χ4v) is 5.95. The van der Waals surface area contributed by atoms with Crippen molar-refractivity contribution in [1.82, 2.24) is 10.2 Å². The van der Waals surface area contributed by atoms with Gasteiger partial charge in [-0.3, -0.25) is 9.10 Å². The van der Waals surface area contributed by atoms with Crippen LogP contribution in [0.15, 0.2) is 41.3 Å². The zero-order valence-corrected chi connectivity index (χ0v) is 21.3. The molecule has 3 rings (SSSR count). The molecule has 0 radical (unpaired) electrons. The fourth-order valence-electron chi connectivity index (χ4n) is 4.21. The second-order valence-corrected chi connectivity index (χ2v) is 11.1. The van der Waals surface area contributed by atoms with Crippen LogP contribution in [-0.2, 0) is 21.2 Å². The summed E-state index contributed by atoms with van der Waals surface area (Å²) in [6.45, 7) is 7.27. The number of nitrogens with zero attached hydrogens (tertiary/aromatic N) is 2. The third-order valence-corrected chi connectivity index (χ3v) is 8.57. The Labute approximate surface area is 203 Å². The number of amides is 1. The Balaban J connectivity index is 1.65. The van der Waals surface area contributed by atoms with Gasteiger partial charge in [0.05, 0.1) is 10.6 Å². The van der Waals surface area contributed by atoms with Gasteiger partial charge in [-0.05, 0) is 81.1 Å². The summed E-state index contributed by atoms with van der Waals surface area (Å²) in [5.41, 5.74) is 2.70. The first-order chi connectivity index (χ1) is 15.7. The molecule has 0 bridgehead atoms. The average molecular weight is 492 g/mol. The molecule has 1 aliphatic rings. The second-order valence-electron chi connectivity index (χ2n) is 8.72. The van der Waals surface area contributed by atoms with E-state index in [0.29, 0.717) is 41.2 Å². The summed E-state index contributed by atoms with van der Waals surface area (Å²) in [5, 5.41) is 3.54. The summed E-state index contributed by atoms with van der Waals surface area (Å²) in [6.07, 6.45) is 4.53. The Hall–Kier alpha value is -2.09. The highest BCUT2D eigenvalue weighted by Gasteiger charge is 2.25. The van der Waals surface area contributed by atoms with E-state index in [1.54, 1.807) is 39.1 Å². The third-order valence-electron chi connectivity index (χ3n) is 6.25. The van der Waals surface area contributed by atoms with Gasteiger partial charge in [0.15, 0.2) is 0 Å². The Bertz CT molecular complexity index is 1080. The summed E-state index contributed by atoms with van der Waals surface area (Å²) in [5.74, 6) is -0.0171. The van der Waals surface area contributed by atoms with Crippen LogP contribution in [0, 0.1) is 13.8 Å². The van der Waals surface area contributed by atoms with E-state index in [4.69, 9.17) is 11.6 Å². The number of carbonyl (C=O) groups excluding carboxylic acids is 1. The Kier molecular flexibility index (Phi) is 8.79. The van der Waals surface area contributed by atoms with Gasteiger partial charge < -0.3 is 10.2 Å². The molecule has 1 amide bonds. The van der Waals surface area contributed by atoms with Crippen molar-refractivity contribution in [3.63, 3.8) is 0 Å². The van der Waals surface area contributed by atoms with E-state index >= 15 is 0 Å².